The predicted octanol–water partition coefficient (Wildman–Crippen LogP) is 5.06. The van der Waals surface area contributed by atoms with Crippen LogP contribution in [0, 0.1) is 23.7 Å². The molecule has 0 heteroatoms. The summed E-state index contributed by atoms with van der Waals surface area (Å²) in [4.78, 5) is 0. The first-order chi connectivity index (χ1) is 8.88. The first kappa shape index (κ1) is 12.0. The molecule has 0 aliphatic heterocycles. The van der Waals surface area contributed by atoms with Gasteiger partial charge in [0, 0.05) is 0 Å². The minimum absolute atomic E-state index is 0.925. The quantitative estimate of drug-likeness (QED) is 0.562. The van der Waals surface area contributed by atoms with E-state index in [4.69, 9.17) is 0 Å². The molecule has 4 atom stereocenters. The van der Waals surface area contributed by atoms with E-state index in [-0.39, 0.29) is 0 Å². The van der Waals surface area contributed by atoms with Crippen LogP contribution < -0.4 is 0 Å². The van der Waals surface area contributed by atoms with Gasteiger partial charge in [0.15, 0.2) is 0 Å². The highest BCUT2D eigenvalue weighted by Gasteiger charge is 2.44. The molecule has 0 amide bonds. The zero-order valence-corrected chi connectivity index (χ0v) is 11.2. The molecule has 0 aromatic heterocycles. The molecule has 0 heterocycles. The van der Waals surface area contributed by atoms with Gasteiger partial charge in [-0.25, -0.2) is 0 Å². The van der Waals surface area contributed by atoms with Crippen molar-refractivity contribution in [1.29, 1.82) is 0 Å². The van der Waals surface area contributed by atoms with Crippen LogP contribution in [0.25, 0.3) is 0 Å². The Hall–Kier alpha value is -1.04. The molecular weight excluding hydrogens is 216 g/mol. The van der Waals surface area contributed by atoms with Crippen molar-refractivity contribution in [2.24, 2.45) is 23.7 Å². The van der Waals surface area contributed by atoms with Gasteiger partial charge in [-0.1, -0.05) is 48.6 Å². The zero-order valence-electron chi connectivity index (χ0n) is 11.2. The van der Waals surface area contributed by atoms with Crippen molar-refractivity contribution in [2.45, 2.75) is 38.5 Å². The van der Waals surface area contributed by atoms with E-state index in [1.165, 1.54) is 44.1 Å². The summed E-state index contributed by atoms with van der Waals surface area (Å²) < 4.78 is 0. The number of rotatable bonds is 1. The molecule has 0 spiro atoms. The Morgan fingerprint density at radius 1 is 1.11 bits per heavy atom. The molecule has 0 aromatic carbocycles. The van der Waals surface area contributed by atoms with E-state index in [9.17, 15) is 0 Å². The van der Waals surface area contributed by atoms with E-state index < -0.39 is 0 Å². The van der Waals surface area contributed by atoms with E-state index in [1.807, 2.05) is 6.08 Å². The van der Waals surface area contributed by atoms with Crippen molar-refractivity contribution >= 4 is 0 Å². The number of hydrogen-bond donors (Lipinski definition) is 0. The molecule has 4 unspecified atom stereocenters. The molecule has 4 aliphatic carbocycles. The summed E-state index contributed by atoms with van der Waals surface area (Å²) in [5.41, 5.74) is 1.44. The molecular formula is C18H24. The third-order valence-electron chi connectivity index (χ3n) is 5.04. The van der Waals surface area contributed by atoms with Crippen molar-refractivity contribution in [1.82, 2.24) is 0 Å². The minimum atomic E-state index is 0.925. The Labute approximate surface area is 111 Å². The van der Waals surface area contributed by atoms with Crippen LogP contribution >= 0.6 is 0 Å². The average molecular weight is 240 g/mol. The average Bonchev–Trinajstić information content (AvgIpc) is 3.14. The van der Waals surface area contributed by atoms with E-state index in [1.54, 1.807) is 0 Å². The fourth-order valence-corrected chi connectivity index (χ4v) is 4.02. The van der Waals surface area contributed by atoms with Crippen molar-refractivity contribution in [3.63, 3.8) is 0 Å². The van der Waals surface area contributed by atoms with Crippen molar-refractivity contribution in [3.8, 4) is 0 Å². The molecule has 96 valence electrons. The van der Waals surface area contributed by atoms with Crippen molar-refractivity contribution < 1.29 is 0 Å². The number of fused-ring (bicyclic) bond motifs is 5. The normalized spacial score (nSPS) is 39.0. The van der Waals surface area contributed by atoms with Gasteiger partial charge in [-0.05, 0) is 62.2 Å². The van der Waals surface area contributed by atoms with Crippen LogP contribution in [-0.4, -0.2) is 0 Å². The molecule has 18 heavy (non-hydrogen) atoms. The van der Waals surface area contributed by atoms with Gasteiger partial charge in [0.25, 0.3) is 0 Å². The Bertz CT molecular complexity index is 396. The summed E-state index contributed by atoms with van der Waals surface area (Å²) in [6.07, 6.45) is 22.0. The molecule has 0 radical (unpaired) electrons. The van der Waals surface area contributed by atoms with Crippen molar-refractivity contribution in [2.75, 3.05) is 0 Å². The van der Waals surface area contributed by atoms with Crippen LogP contribution in [0.15, 0.2) is 48.6 Å². The Balaban J connectivity index is 0.000000115. The Morgan fingerprint density at radius 3 is 2.67 bits per heavy atom. The van der Waals surface area contributed by atoms with Crippen LogP contribution in [-0.2, 0) is 0 Å². The summed E-state index contributed by atoms with van der Waals surface area (Å²) in [7, 11) is 0. The second-order valence-corrected chi connectivity index (χ2v) is 6.08. The molecule has 1 saturated carbocycles. The second-order valence-electron chi connectivity index (χ2n) is 6.08. The summed E-state index contributed by atoms with van der Waals surface area (Å²) in [6, 6.07) is 0. The van der Waals surface area contributed by atoms with Crippen LogP contribution in [0.4, 0.5) is 0 Å². The molecule has 1 fully saturated rings. The predicted molar refractivity (Wildman–Crippen MR) is 78.2 cm³/mol. The maximum atomic E-state index is 3.72. The highest BCUT2D eigenvalue weighted by atomic mass is 14.5. The highest BCUT2D eigenvalue weighted by molar-refractivity contribution is 5.21. The van der Waals surface area contributed by atoms with Gasteiger partial charge in [-0.15, -0.1) is 0 Å². The topological polar surface area (TPSA) is 0 Å². The fourth-order valence-electron chi connectivity index (χ4n) is 4.02. The van der Waals surface area contributed by atoms with Gasteiger partial charge in [0.05, 0.1) is 0 Å². The lowest BCUT2D eigenvalue weighted by atomic mass is 9.86. The van der Waals surface area contributed by atoms with Gasteiger partial charge in [0.2, 0.25) is 0 Å². The summed E-state index contributed by atoms with van der Waals surface area (Å²) in [5, 5.41) is 0. The van der Waals surface area contributed by atoms with Crippen LogP contribution in [0.5, 0.6) is 0 Å². The van der Waals surface area contributed by atoms with Crippen LogP contribution in [0.1, 0.15) is 38.5 Å². The Kier molecular flexibility index (Phi) is 3.54. The number of allylic oxidation sites excluding steroid dienone is 7. The lowest BCUT2D eigenvalue weighted by molar-refractivity contribution is 0.398. The second kappa shape index (κ2) is 5.30. The SMILES string of the molecule is C1=CC2C3C=CC(C3)C2C1.C=CC1=CCCCC1. The maximum Gasteiger partial charge on any atom is -0.0133 e. The summed E-state index contributed by atoms with van der Waals surface area (Å²) >= 11 is 0. The van der Waals surface area contributed by atoms with Gasteiger partial charge < -0.3 is 0 Å². The zero-order chi connectivity index (χ0) is 12.4. The fraction of sp³-hybridized carbons (Fsp3) is 0.556. The third-order valence-corrected chi connectivity index (χ3v) is 5.04. The molecule has 4 rings (SSSR count). The minimum Gasteiger partial charge on any atom is -0.0988 e. The first-order valence-corrected chi connectivity index (χ1v) is 7.55. The standard InChI is InChI=1S/C10H12.C8H12/c1-2-9-7-4-5-8(6-7)10(9)3-1;1-2-8-6-4-3-5-7-8/h1-2,4-5,7-10H,3,6H2;2,6H,1,3-5,7H2. The number of hydrogen-bond acceptors (Lipinski definition) is 0. The largest absolute Gasteiger partial charge is 0.0988 e. The monoisotopic (exact) mass is 240 g/mol. The molecule has 4 aliphatic rings. The van der Waals surface area contributed by atoms with E-state index in [2.05, 4.69) is 37.0 Å². The van der Waals surface area contributed by atoms with E-state index in [0.717, 1.165) is 23.7 Å². The van der Waals surface area contributed by atoms with Gasteiger partial charge in [-0.3, -0.25) is 0 Å². The summed E-state index contributed by atoms with van der Waals surface area (Å²) in [6.45, 7) is 3.72. The lowest BCUT2D eigenvalue weighted by Gasteiger charge is -2.18. The van der Waals surface area contributed by atoms with Crippen LogP contribution in [0.2, 0.25) is 0 Å². The van der Waals surface area contributed by atoms with Gasteiger partial charge in [-0.2, -0.15) is 0 Å². The lowest BCUT2D eigenvalue weighted by Crippen LogP contribution is -2.12. The highest BCUT2D eigenvalue weighted by Crippen LogP contribution is 2.52. The van der Waals surface area contributed by atoms with Crippen molar-refractivity contribution in [3.05, 3.63) is 48.6 Å². The van der Waals surface area contributed by atoms with E-state index >= 15 is 0 Å². The molecule has 0 saturated heterocycles. The molecule has 2 bridgehead atoms. The molecule has 0 N–H and O–H groups in total. The van der Waals surface area contributed by atoms with Crippen LogP contribution in [0.3, 0.4) is 0 Å². The maximum absolute atomic E-state index is 3.72. The van der Waals surface area contributed by atoms with Gasteiger partial charge >= 0.3 is 0 Å². The molecule has 0 nitrogen and oxygen atoms in total. The summed E-state index contributed by atoms with van der Waals surface area (Å²) in [5.74, 6) is 3.82. The smallest absolute Gasteiger partial charge is 0.0133 e. The van der Waals surface area contributed by atoms with E-state index in [0.29, 0.717) is 0 Å². The van der Waals surface area contributed by atoms with Gasteiger partial charge in [0.1, 0.15) is 0 Å². The first-order valence-electron chi connectivity index (χ1n) is 7.55. The third kappa shape index (κ3) is 2.25. The molecule has 0 aromatic rings. The Morgan fingerprint density at radius 2 is 2.00 bits per heavy atom.